The van der Waals surface area contributed by atoms with Crippen LogP contribution in [0.4, 0.5) is 19.0 Å². The van der Waals surface area contributed by atoms with Gasteiger partial charge in [-0.2, -0.15) is 13.2 Å². The molecular weight excluding hydrogens is 387 g/mol. The number of carbonyl (C=O) groups is 2. The molecule has 162 valence electrons. The molecule has 2 amide bonds. The minimum atomic E-state index is -4.40. The number of amides is 2. The van der Waals surface area contributed by atoms with E-state index in [1.165, 1.54) is 11.0 Å². The van der Waals surface area contributed by atoms with Gasteiger partial charge in [0.15, 0.2) is 0 Å². The van der Waals surface area contributed by atoms with Gasteiger partial charge in [-0.3, -0.25) is 14.5 Å². The maximum atomic E-state index is 12.7. The van der Waals surface area contributed by atoms with Gasteiger partial charge < -0.3 is 15.1 Å². The predicted molar refractivity (Wildman–Crippen MR) is 103 cm³/mol. The number of hydrogen-bond acceptors (Lipinski definition) is 5. The molecule has 10 heteroatoms. The highest BCUT2D eigenvalue weighted by molar-refractivity contribution is 5.85. The third-order valence-corrected chi connectivity index (χ3v) is 4.73. The van der Waals surface area contributed by atoms with Gasteiger partial charge in [-0.1, -0.05) is 6.92 Å². The van der Waals surface area contributed by atoms with Crippen LogP contribution < -0.4 is 10.2 Å². The standard InChI is InChI=1S/C19H28F3N5O2/c1-3-7-23-17(28)13-25(2)18(29)14-26-8-4-9-27(11-10-26)16-6-5-15(12-24-16)19(20,21)22/h5-6,12H,3-4,7-11,13-14H2,1-2H3,(H,23,28). The molecule has 1 fully saturated rings. The number of nitrogens with zero attached hydrogens (tertiary/aromatic N) is 4. The molecule has 2 heterocycles. The van der Waals surface area contributed by atoms with E-state index in [1.54, 1.807) is 7.05 Å². The van der Waals surface area contributed by atoms with Crippen molar-refractivity contribution in [1.82, 2.24) is 20.1 Å². The molecule has 29 heavy (non-hydrogen) atoms. The van der Waals surface area contributed by atoms with E-state index in [2.05, 4.69) is 10.3 Å². The van der Waals surface area contributed by atoms with E-state index in [0.717, 1.165) is 25.1 Å². The molecule has 0 unspecified atom stereocenters. The fourth-order valence-electron chi connectivity index (χ4n) is 3.03. The molecule has 1 N–H and O–H groups in total. The van der Waals surface area contributed by atoms with Crippen LogP contribution in [0.2, 0.25) is 0 Å². The van der Waals surface area contributed by atoms with Crippen LogP contribution in [0.3, 0.4) is 0 Å². The molecule has 0 aliphatic carbocycles. The lowest BCUT2D eigenvalue weighted by Gasteiger charge is -2.24. The molecule has 0 saturated carbocycles. The van der Waals surface area contributed by atoms with Crippen molar-refractivity contribution < 1.29 is 22.8 Å². The molecule has 0 spiro atoms. The number of rotatable bonds is 7. The van der Waals surface area contributed by atoms with Crippen molar-refractivity contribution in [2.75, 3.05) is 57.8 Å². The number of anilines is 1. The third kappa shape index (κ3) is 7.19. The summed E-state index contributed by atoms with van der Waals surface area (Å²) < 4.78 is 38.1. The molecule has 0 radical (unpaired) electrons. The fraction of sp³-hybridized carbons (Fsp3) is 0.632. The third-order valence-electron chi connectivity index (χ3n) is 4.73. The summed E-state index contributed by atoms with van der Waals surface area (Å²) in [6.45, 7) is 5.26. The summed E-state index contributed by atoms with van der Waals surface area (Å²) in [6, 6.07) is 2.42. The molecule has 0 aromatic carbocycles. The Bertz CT molecular complexity index is 681. The zero-order valence-electron chi connectivity index (χ0n) is 16.8. The van der Waals surface area contributed by atoms with Crippen LogP contribution in [0.1, 0.15) is 25.3 Å². The number of nitrogens with one attached hydrogen (secondary N) is 1. The van der Waals surface area contributed by atoms with Crippen LogP contribution >= 0.6 is 0 Å². The van der Waals surface area contributed by atoms with Crippen LogP contribution in [0, 0.1) is 0 Å². The van der Waals surface area contributed by atoms with Gasteiger partial charge in [0.25, 0.3) is 0 Å². The van der Waals surface area contributed by atoms with Crippen molar-refractivity contribution in [3.05, 3.63) is 23.9 Å². The smallest absolute Gasteiger partial charge is 0.355 e. The minimum absolute atomic E-state index is 0.0221. The normalized spacial score (nSPS) is 15.7. The van der Waals surface area contributed by atoms with Gasteiger partial charge in [0.2, 0.25) is 11.8 Å². The van der Waals surface area contributed by atoms with Gasteiger partial charge in [0.1, 0.15) is 5.82 Å². The van der Waals surface area contributed by atoms with E-state index < -0.39 is 11.7 Å². The van der Waals surface area contributed by atoms with Crippen LogP contribution in [0.15, 0.2) is 18.3 Å². The highest BCUT2D eigenvalue weighted by Gasteiger charge is 2.31. The lowest BCUT2D eigenvalue weighted by atomic mass is 10.2. The van der Waals surface area contributed by atoms with E-state index in [4.69, 9.17) is 0 Å². The highest BCUT2D eigenvalue weighted by atomic mass is 19.4. The Labute approximate surface area is 168 Å². The second kappa shape index (κ2) is 10.4. The highest BCUT2D eigenvalue weighted by Crippen LogP contribution is 2.29. The first-order valence-electron chi connectivity index (χ1n) is 9.72. The first kappa shape index (κ1) is 22.9. The van der Waals surface area contributed by atoms with Crippen LogP contribution in [0.25, 0.3) is 0 Å². The van der Waals surface area contributed by atoms with Crippen LogP contribution in [-0.4, -0.2) is 79.5 Å². The average molecular weight is 415 g/mol. The van der Waals surface area contributed by atoms with E-state index >= 15 is 0 Å². The van der Waals surface area contributed by atoms with E-state index in [9.17, 15) is 22.8 Å². The summed E-state index contributed by atoms with van der Waals surface area (Å²) in [5.41, 5.74) is -0.769. The van der Waals surface area contributed by atoms with Crippen molar-refractivity contribution in [2.45, 2.75) is 25.9 Å². The molecule has 0 atom stereocenters. The number of pyridine rings is 1. The quantitative estimate of drug-likeness (QED) is 0.733. The summed E-state index contributed by atoms with van der Waals surface area (Å²) in [4.78, 5) is 33.4. The molecule has 1 aromatic rings. The van der Waals surface area contributed by atoms with Crippen molar-refractivity contribution in [3.8, 4) is 0 Å². The Balaban J connectivity index is 1.84. The number of hydrogen-bond donors (Lipinski definition) is 1. The zero-order valence-corrected chi connectivity index (χ0v) is 16.8. The monoisotopic (exact) mass is 415 g/mol. The number of alkyl halides is 3. The Morgan fingerprint density at radius 2 is 1.97 bits per heavy atom. The average Bonchev–Trinajstić information content (AvgIpc) is 2.91. The Kier molecular flexibility index (Phi) is 8.24. The molecule has 1 saturated heterocycles. The first-order chi connectivity index (χ1) is 13.7. The van der Waals surface area contributed by atoms with Crippen LogP contribution in [0.5, 0.6) is 0 Å². The fourth-order valence-corrected chi connectivity index (χ4v) is 3.03. The maximum absolute atomic E-state index is 12.7. The summed E-state index contributed by atoms with van der Waals surface area (Å²) in [5.74, 6) is 0.173. The molecule has 1 aliphatic rings. The number of aromatic nitrogens is 1. The van der Waals surface area contributed by atoms with Crippen LogP contribution in [-0.2, 0) is 15.8 Å². The Morgan fingerprint density at radius 3 is 2.59 bits per heavy atom. The lowest BCUT2D eigenvalue weighted by molar-refractivity contribution is -0.137. The predicted octanol–water partition coefficient (Wildman–Crippen LogP) is 1.60. The molecule has 2 rings (SSSR count). The van der Waals surface area contributed by atoms with E-state index in [1.807, 2.05) is 16.7 Å². The molecule has 1 aromatic heterocycles. The molecule has 0 bridgehead atoms. The maximum Gasteiger partial charge on any atom is 0.417 e. The largest absolute Gasteiger partial charge is 0.417 e. The van der Waals surface area contributed by atoms with Gasteiger partial charge in [-0.05, 0) is 25.0 Å². The topological polar surface area (TPSA) is 68.8 Å². The Hall–Kier alpha value is -2.36. The molecule has 1 aliphatic heterocycles. The summed E-state index contributed by atoms with van der Waals surface area (Å²) in [5, 5.41) is 2.74. The zero-order chi connectivity index (χ0) is 21.4. The van der Waals surface area contributed by atoms with Crippen molar-refractivity contribution in [1.29, 1.82) is 0 Å². The van der Waals surface area contributed by atoms with Crippen molar-refractivity contribution in [2.24, 2.45) is 0 Å². The second-order valence-electron chi connectivity index (χ2n) is 7.12. The Morgan fingerprint density at radius 1 is 1.21 bits per heavy atom. The molecular formula is C19H28F3N5O2. The number of carbonyl (C=O) groups excluding carboxylic acids is 2. The second-order valence-corrected chi connectivity index (χ2v) is 7.12. The lowest BCUT2D eigenvalue weighted by Crippen LogP contribution is -2.44. The summed E-state index contributed by atoms with van der Waals surface area (Å²) >= 11 is 0. The van der Waals surface area contributed by atoms with Gasteiger partial charge in [-0.25, -0.2) is 4.98 Å². The first-order valence-corrected chi connectivity index (χ1v) is 9.72. The number of likely N-dealkylation sites (N-methyl/N-ethyl adjacent to an activating group) is 1. The SMILES string of the molecule is CCCNC(=O)CN(C)C(=O)CN1CCCN(c2ccc(C(F)(F)F)cn2)CC1. The summed E-state index contributed by atoms with van der Waals surface area (Å²) in [7, 11) is 1.60. The van der Waals surface area contributed by atoms with Gasteiger partial charge in [-0.15, -0.1) is 0 Å². The number of halogens is 3. The van der Waals surface area contributed by atoms with Crippen molar-refractivity contribution in [3.63, 3.8) is 0 Å². The van der Waals surface area contributed by atoms with Gasteiger partial charge in [0.05, 0.1) is 18.7 Å². The van der Waals surface area contributed by atoms with Gasteiger partial charge in [0, 0.05) is 46.0 Å². The summed E-state index contributed by atoms with van der Waals surface area (Å²) in [6.07, 6.45) is -1.96. The van der Waals surface area contributed by atoms with Gasteiger partial charge >= 0.3 is 6.18 Å². The van der Waals surface area contributed by atoms with E-state index in [-0.39, 0.29) is 24.9 Å². The minimum Gasteiger partial charge on any atom is -0.355 e. The van der Waals surface area contributed by atoms with Crippen molar-refractivity contribution >= 4 is 17.6 Å². The molecule has 7 nitrogen and oxygen atoms in total. The van der Waals surface area contributed by atoms with E-state index in [0.29, 0.717) is 38.5 Å².